The molecule has 0 radical (unpaired) electrons. The zero-order valence-corrected chi connectivity index (χ0v) is 19.7. The third-order valence-corrected chi connectivity index (χ3v) is 5.44. The highest BCUT2D eigenvalue weighted by Crippen LogP contribution is 2.31. The zero-order valence-electron chi connectivity index (χ0n) is 19.7. The summed E-state index contributed by atoms with van der Waals surface area (Å²) in [6.07, 6.45) is -4.12. The van der Waals surface area contributed by atoms with Crippen LogP contribution in [0.5, 0.6) is 11.5 Å². The predicted molar refractivity (Wildman–Crippen MR) is 122 cm³/mol. The first-order valence-electron chi connectivity index (χ1n) is 11.0. The Bertz CT molecular complexity index is 1040. The molecule has 0 saturated carbocycles. The number of rotatable bonds is 9. The Labute approximate surface area is 197 Å². The fraction of sp³-hybridized carbons (Fsp3) is 0.440. The largest absolute Gasteiger partial charge is 0.493 e. The van der Waals surface area contributed by atoms with Gasteiger partial charge in [-0.2, -0.15) is 13.2 Å². The minimum Gasteiger partial charge on any atom is -0.493 e. The normalized spacial score (nSPS) is 15.6. The summed E-state index contributed by atoms with van der Waals surface area (Å²) < 4.78 is 50.0. The van der Waals surface area contributed by atoms with Crippen molar-refractivity contribution >= 4 is 11.6 Å². The van der Waals surface area contributed by atoms with Crippen LogP contribution >= 0.6 is 0 Å². The maximum absolute atomic E-state index is 13.1. The van der Waals surface area contributed by atoms with Crippen LogP contribution in [0.2, 0.25) is 0 Å². The molecular formula is C25H29F3N2O4. The molecule has 184 valence electrons. The van der Waals surface area contributed by atoms with Crippen molar-refractivity contribution in [3.05, 3.63) is 59.2 Å². The maximum Gasteiger partial charge on any atom is 0.416 e. The van der Waals surface area contributed by atoms with Crippen LogP contribution in [-0.4, -0.2) is 43.4 Å². The van der Waals surface area contributed by atoms with E-state index in [0.717, 1.165) is 17.7 Å². The lowest BCUT2D eigenvalue weighted by Gasteiger charge is -2.26. The van der Waals surface area contributed by atoms with Crippen molar-refractivity contribution in [3.63, 3.8) is 0 Å². The third-order valence-electron chi connectivity index (χ3n) is 5.44. The Balaban J connectivity index is 1.73. The molecule has 0 fully saturated rings. The number of nitrogens with zero attached hydrogens (tertiary/aromatic N) is 2. The van der Waals surface area contributed by atoms with Crippen molar-refractivity contribution in [1.82, 2.24) is 4.90 Å². The van der Waals surface area contributed by atoms with Gasteiger partial charge in [-0.25, -0.2) is 0 Å². The molecule has 1 amide bonds. The Morgan fingerprint density at radius 3 is 2.53 bits per heavy atom. The number of carbonyl (C=O) groups excluding carboxylic acids is 1. The second-order valence-electron chi connectivity index (χ2n) is 8.61. The van der Waals surface area contributed by atoms with Crippen LogP contribution < -0.4 is 9.47 Å². The smallest absolute Gasteiger partial charge is 0.416 e. The van der Waals surface area contributed by atoms with Gasteiger partial charge in [0.05, 0.1) is 32.0 Å². The molecule has 34 heavy (non-hydrogen) atoms. The van der Waals surface area contributed by atoms with E-state index < -0.39 is 17.8 Å². The summed E-state index contributed by atoms with van der Waals surface area (Å²) in [5.74, 6) is 1.12. The maximum atomic E-state index is 13.1. The quantitative estimate of drug-likeness (QED) is 0.491. The topological polar surface area (TPSA) is 60.4 Å². The van der Waals surface area contributed by atoms with Crippen LogP contribution in [0, 0.1) is 5.92 Å². The number of hydrogen-bond acceptors (Lipinski definition) is 5. The van der Waals surface area contributed by atoms with E-state index in [1.807, 2.05) is 19.9 Å². The average molecular weight is 479 g/mol. The lowest BCUT2D eigenvalue weighted by molar-refractivity contribution is -0.137. The van der Waals surface area contributed by atoms with E-state index in [1.165, 1.54) is 6.07 Å². The standard InChI is InChI=1S/C25H29F3N2O4/c1-16(2)10-24(31)30(14-17-6-5-7-19(11-17)25(26,27)28)15-20-13-21(29-34-20)18-8-9-22(32-3)23(12-18)33-4/h5-9,11-12,16,20H,10,13-15H2,1-4H3/t20-/m0/s1. The van der Waals surface area contributed by atoms with E-state index in [4.69, 9.17) is 14.3 Å². The molecule has 1 aliphatic rings. The molecule has 0 aliphatic carbocycles. The average Bonchev–Trinajstić information content (AvgIpc) is 3.26. The van der Waals surface area contributed by atoms with Gasteiger partial charge >= 0.3 is 6.18 Å². The number of oxime groups is 1. The Morgan fingerprint density at radius 1 is 1.15 bits per heavy atom. The van der Waals surface area contributed by atoms with Crippen molar-refractivity contribution in [3.8, 4) is 11.5 Å². The first-order chi connectivity index (χ1) is 16.1. The minimum atomic E-state index is -4.44. The van der Waals surface area contributed by atoms with Crippen molar-refractivity contribution in [2.75, 3.05) is 20.8 Å². The van der Waals surface area contributed by atoms with E-state index in [2.05, 4.69) is 5.16 Å². The van der Waals surface area contributed by atoms with Crippen LogP contribution in [0.4, 0.5) is 13.2 Å². The van der Waals surface area contributed by atoms with E-state index >= 15 is 0 Å². The molecule has 0 N–H and O–H groups in total. The molecule has 3 rings (SSSR count). The lowest BCUT2D eigenvalue weighted by atomic mass is 10.0. The van der Waals surface area contributed by atoms with Gasteiger partial charge in [0.2, 0.25) is 5.91 Å². The summed E-state index contributed by atoms with van der Waals surface area (Å²) in [6.45, 7) is 4.11. The lowest BCUT2D eigenvalue weighted by Crippen LogP contribution is -2.37. The molecular weight excluding hydrogens is 449 g/mol. The van der Waals surface area contributed by atoms with Crippen LogP contribution in [0.25, 0.3) is 0 Å². The van der Waals surface area contributed by atoms with Gasteiger partial charge in [0, 0.05) is 24.9 Å². The Hall–Kier alpha value is -3.23. The highest BCUT2D eigenvalue weighted by Gasteiger charge is 2.31. The second kappa shape index (κ2) is 10.8. The fourth-order valence-corrected chi connectivity index (χ4v) is 3.76. The number of amides is 1. The van der Waals surface area contributed by atoms with E-state index in [0.29, 0.717) is 29.2 Å². The summed E-state index contributed by atoms with van der Waals surface area (Å²) in [6, 6.07) is 10.5. The number of hydrogen-bond donors (Lipinski definition) is 0. The second-order valence-corrected chi connectivity index (χ2v) is 8.61. The monoisotopic (exact) mass is 478 g/mol. The molecule has 6 nitrogen and oxygen atoms in total. The van der Waals surface area contributed by atoms with Crippen molar-refractivity contribution in [2.24, 2.45) is 11.1 Å². The van der Waals surface area contributed by atoms with Crippen LogP contribution in [0.1, 0.15) is 43.4 Å². The number of benzene rings is 2. The van der Waals surface area contributed by atoms with Crippen molar-refractivity contribution in [2.45, 2.75) is 45.5 Å². The molecule has 0 spiro atoms. The summed E-state index contributed by atoms with van der Waals surface area (Å²) in [5, 5.41) is 4.18. The Morgan fingerprint density at radius 2 is 1.88 bits per heavy atom. The van der Waals surface area contributed by atoms with Gasteiger partial charge in [-0.15, -0.1) is 0 Å². The SMILES string of the molecule is COc1ccc(C2=NO[C@H](CN(Cc3cccc(C(F)(F)F)c3)C(=O)CC(C)C)C2)cc1OC. The molecule has 2 aromatic rings. The number of halogens is 3. The zero-order chi connectivity index (χ0) is 24.9. The Kier molecular flexibility index (Phi) is 8.06. The van der Waals surface area contributed by atoms with Crippen LogP contribution in [-0.2, 0) is 22.4 Å². The van der Waals surface area contributed by atoms with Gasteiger partial charge in [0.1, 0.15) is 0 Å². The van der Waals surface area contributed by atoms with Crippen molar-refractivity contribution in [1.29, 1.82) is 0 Å². The highest BCUT2D eigenvalue weighted by molar-refractivity contribution is 6.01. The van der Waals surface area contributed by atoms with Crippen LogP contribution in [0.15, 0.2) is 47.6 Å². The van der Waals surface area contributed by atoms with Crippen LogP contribution in [0.3, 0.4) is 0 Å². The van der Waals surface area contributed by atoms with Crippen molar-refractivity contribution < 1.29 is 32.3 Å². The molecule has 1 heterocycles. The molecule has 0 bridgehead atoms. The van der Waals surface area contributed by atoms with E-state index in [1.54, 1.807) is 37.3 Å². The number of methoxy groups -OCH3 is 2. The molecule has 1 atom stereocenters. The van der Waals surface area contributed by atoms with Gasteiger partial charge in [-0.05, 0) is 41.8 Å². The van der Waals surface area contributed by atoms with Gasteiger partial charge in [-0.1, -0.05) is 31.1 Å². The summed E-state index contributed by atoms with van der Waals surface area (Å²) in [7, 11) is 3.10. The molecule has 0 unspecified atom stereocenters. The van der Waals surface area contributed by atoms with E-state index in [-0.39, 0.29) is 31.3 Å². The first-order valence-corrected chi connectivity index (χ1v) is 11.0. The number of carbonyl (C=O) groups is 1. The fourth-order valence-electron chi connectivity index (χ4n) is 3.76. The third kappa shape index (κ3) is 6.42. The summed E-state index contributed by atoms with van der Waals surface area (Å²) >= 11 is 0. The molecule has 0 saturated heterocycles. The molecule has 2 aromatic carbocycles. The van der Waals surface area contributed by atoms with Gasteiger partial charge in [-0.3, -0.25) is 4.79 Å². The molecule has 9 heteroatoms. The van der Waals surface area contributed by atoms with Gasteiger partial charge < -0.3 is 19.2 Å². The molecule has 1 aliphatic heterocycles. The highest BCUT2D eigenvalue weighted by atomic mass is 19.4. The number of ether oxygens (including phenoxy) is 2. The predicted octanol–water partition coefficient (Wildman–Crippen LogP) is 5.29. The van der Waals surface area contributed by atoms with Gasteiger partial charge in [0.25, 0.3) is 0 Å². The summed E-state index contributed by atoms with van der Waals surface area (Å²) in [4.78, 5) is 20.1. The molecule has 0 aromatic heterocycles. The summed E-state index contributed by atoms with van der Waals surface area (Å²) in [5.41, 5.74) is 1.17. The first kappa shape index (κ1) is 25.4. The van der Waals surface area contributed by atoms with E-state index in [9.17, 15) is 18.0 Å². The minimum absolute atomic E-state index is 0.0566. The van der Waals surface area contributed by atoms with Gasteiger partial charge in [0.15, 0.2) is 17.6 Å². The number of alkyl halides is 3.